The van der Waals surface area contributed by atoms with Gasteiger partial charge in [0.2, 0.25) is 0 Å². The molecule has 1 fully saturated rings. The Morgan fingerprint density at radius 3 is 1.79 bits per heavy atom. The first-order valence-electron chi connectivity index (χ1n) is 5.96. The van der Waals surface area contributed by atoms with E-state index in [1.807, 2.05) is 27.7 Å². The van der Waals surface area contributed by atoms with E-state index in [2.05, 4.69) is 0 Å². The molecule has 0 N–H and O–H groups in total. The highest BCUT2D eigenvalue weighted by Gasteiger charge is 2.14. The van der Waals surface area contributed by atoms with Crippen molar-refractivity contribution in [3.05, 3.63) is 0 Å². The molecule has 1 aliphatic carbocycles. The fourth-order valence-corrected chi connectivity index (χ4v) is 1.42. The van der Waals surface area contributed by atoms with Crippen LogP contribution in [0.25, 0.3) is 0 Å². The van der Waals surface area contributed by atoms with Crippen LogP contribution in [-0.2, 0) is 9.53 Å². The van der Waals surface area contributed by atoms with Gasteiger partial charge in [0, 0.05) is 6.92 Å². The maximum Gasteiger partial charge on any atom is 0.302 e. The average molecular weight is 202 g/mol. The lowest BCUT2D eigenvalue weighted by atomic mass is 9.98. The smallest absolute Gasteiger partial charge is 0.302 e. The van der Waals surface area contributed by atoms with Crippen LogP contribution in [0.5, 0.6) is 0 Å². The van der Waals surface area contributed by atoms with Crippen molar-refractivity contribution in [1.82, 2.24) is 0 Å². The van der Waals surface area contributed by atoms with Gasteiger partial charge in [0.05, 0.1) is 0 Å². The molecule has 0 unspecified atom stereocenters. The zero-order chi connectivity index (χ0) is 11.4. The summed E-state index contributed by atoms with van der Waals surface area (Å²) in [6.45, 7) is 9.48. The van der Waals surface area contributed by atoms with E-state index >= 15 is 0 Å². The van der Waals surface area contributed by atoms with Gasteiger partial charge in [0.25, 0.3) is 0 Å². The maximum absolute atomic E-state index is 10.5. The summed E-state index contributed by atoms with van der Waals surface area (Å²) in [5.74, 6) is -0.132. The summed E-state index contributed by atoms with van der Waals surface area (Å²) in [7, 11) is 0. The van der Waals surface area contributed by atoms with Gasteiger partial charge >= 0.3 is 5.97 Å². The summed E-state index contributed by atoms with van der Waals surface area (Å²) in [4.78, 5) is 10.5. The second kappa shape index (κ2) is 12.5. The standard InChI is InChI=1S/C8H14O2.2C2H6/c1-7(9)10-8-5-3-2-4-6-8;2*1-2/h8H,2-6H2,1H3;2*1-2H3. The van der Waals surface area contributed by atoms with Crippen LogP contribution in [0.3, 0.4) is 0 Å². The predicted octanol–water partition coefficient (Wildman–Crippen LogP) is 3.93. The minimum absolute atomic E-state index is 0.132. The Morgan fingerprint density at radius 1 is 1.00 bits per heavy atom. The second-order valence-electron chi connectivity index (χ2n) is 2.87. The first-order valence-corrected chi connectivity index (χ1v) is 5.96. The number of carbonyl (C=O) groups excluding carboxylic acids is 1. The topological polar surface area (TPSA) is 26.3 Å². The van der Waals surface area contributed by atoms with E-state index in [-0.39, 0.29) is 12.1 Å². The fraction of sp³-hybridized carbons (Fsp3) is 0.917. The van der Waals surface area contributed by atoms with E-state index in [9.17, 15) is 4.79 Å². The molecule has 2 heteroatoms. The minimum Gasteiger partial charge on any atom is -0.463 e. The molecule has 14 heavy (non-hydrogen) atoms. The van der Waals surface area contributed by atoms with Crippen molar-refractivity contribution in [3.8, 4) is 0 Å². The highest BCUT2D eigenvalue weighted by molar-refractivity contribution is 5.66. The number of hydrogen-bond donors (Lipinski definition) is 0. The number of rotatable bonds is 1. The van der Waals surface area contributed by atoms with Gasteiger partial charge in [-0.2, -0.15) is 0 Å². The largest absolute Gasteiger partial charge is 0.463 e. The molecule has 1 aliphatic rings. The molecule has 0 aromatic rings. The van der Waals surface area contributed by atoms with Crippen LogP contribution in [0.2, 0.25) is 0 Å². The van der Waals surface area contributed by atoms with E-state index in [1.54, 1.807) is 0 Å². The molecule has 0 saturated heterocycles. The lowest BCUT2D eigenvalue weighted by molar-refractivity contribution is -0.147. The van der Waals surface area contributed by atoms with Crippen molar-refractivity contribution >= 4 is 5.97 Å². The molecule has 0 aromatic carbocycles. The first kappa shape index (κ1) is 15.9. The number of carbonyl (C=O) groups is 1. The summed E-state index contributed by atoms with van der Waals surface area (Å²) in [5, 5.41) is 0. The van der Waals surface area contributed by atoms with Crippen molar-refractivity contribution < 1.29 is 9.53 Å². The average Bonchev–Trinajstić information content (AvgIpc) is 2.24. The van der Waals surface area contributed by atoms with Crippen LogP contribution in [0.1, 0.15) is 66.7 Å². The van der Waals surface area contributed by atoms with Crippen molar-refractivity contribution in [2.24, 2.45) is 0 Å². The molecule has 0 amide bonds. The van der Waals surface area contributed by atoms with E-state index in [4.69, 9.17) is 4.74 Å². The second-order valence-corrected chi connectivity index (χ2v) is 2.87. The Balaban J connectivity index is 0. The third kappa shape index (κ3) is 9.56. The van der Waals surface area contributed by atoms with E-state index in [1.165, 1.54) is 26.2 Å². The van der Waals surface area contributed by atoms with Gasteiger partial charge in [-0.3, -0.25) is 4.79 Å². The molecule has 0 aromatic heterocycles. The molecule has 1 saturated carbocycles. The van der Waals surface area contributed by atoms with E-state index in [0.717, 1.165) is 12.8 Å². The van der Waals surface area contributed by atoms with Gasteiger partial charge in [0.15, 0.2) is 0 Å². The van der Waals surface area contributed by atoms with Crippen molar-refractivity contribution in [2.45, 2.75) is 72.8 Å². The van der Waals surface area contributed by atoms with Crippen molar-refractivity contribution in [1.29, 1.82) is 0 Å². The lowest BCUT2D eigenvalue weighted by Crippen LogP contribution is -2.18. The first-order chi connectivity index (χ1) is 6.79. The Labute approximate surface area is 89.0 Å². The third-order valence-electron chi connectivity index (χ3n) is 1.88. The number of ether oxygens (including phenoxy) is 1. The lowest BCUT2D eigenvalue weighted by Gasteiger charge is -2.20. The minimum atomic E-state index is -0.132. The Morgan fingerprint density at radius 2 is 1.43 bits per heavy atom. The summed E-state index contributed by atoms with van der Waals surface area (Å²) in [6.07, 6.45) is 6.11. The van der Waals surface area contributed by atoms with E-state index < -0.39 is 0 Å². The van der Waals surface area contributed by atoms with Gasteiger partial charge in [0.1, 0.15) is 6.10 Å². The Hall–Kier alpha value is -0.530. The molecule has 2 nitrogen and oxygen atoms in total. The summed E-state index contributed by atoms with van der Waals surface area (Å²) >= 11 is 0. The summed E-state index contributed by atoms with van der Waals surface area (Å²) < 4.78 is 5.05. The normalized spacial score (nSPS) is 15.5. The Kier molecular flexibility index (Phi) is 14.2. The van der Waals surface area contributed by atoms with Crippen LogP contribution in [0.15, 0.2) is 0 Å². The molecule has 0 spiro atoms. The molecule has 0 aliphatic heterocycles. The van der Waals surface area contributed by atoms with Gasteiger partial charge in [-0.15, -0.1) is 0 Å². The molecule has 0 bridgehead atoms. The van der Waals surface area contributed by atoms with E-state index in [0.29, 0.717) is 0 Å². The highest BCUT2D eigenvalue weighted by atomic mass is 16.5. The van der Waals surface area contributed by atoms with Gasteiger partial charge in [-0.05, 0) is 25.7 Å². The summed E-state index contributed by atoms with van der Waals surface area (Å²) in [5.41, 5.74) is 0. The van der Waals surface area contributed by atoms with Gasteiger partial charge in [-0.25, -0.2) is 0 Å². The molecular weight excluding hydrogens is 176 g/mol. The van der Waals surface area contributed by atoms with Crippen LogP contribution in [-0.4, -0.2) is 12.1 Å². The van der Waals surface area contributed by atoms with Gasteiger partial charge < -0.3 is 4.74 Å². The molecule has 1 rings (SSSR count). The van der Waals surface area contributed by atoms with Crippen LogP contribution in [0, 0.1) is 0 Å². The van der Waals surface area contributed by atoms with Crippen LogP contribution in [0.4, 0.5) is 0 Å². The number of esters is 1. The van der Waals surface area contributed by atoms with Crippen molar-refractivity contribution in [2.75, 3.05) is 0 Å². The predicted molar refractivity (Wildman–Crippen MR) is 61.3 cm³/mol. The molecular formula is C12H26O2. The van der Waals surface area contributed by atoms with Crippen molar-refractivity contribution in [3.63, 3.8) is 0 Å². The molecule has 86 valence electrons. The molecule has 0 heterocycles. The van der Waals surface area contributed by atoms with Crippen LogP contribution < -0.4 is 0 Å². The zero-order valence-electron chi connectivity index (χ0n) is 10.4. The van der Waals surface area contributed by atoms with Gasteiger partial charge in [-0.1, -0.05) is 34.1 Å². The maximum atomic E-state index is 10.5. The zero-order valence-corrected chi connectivity index (χ0v) is 10.4. The SMILES string of the molecule is CC.CC.CC(=O)OC1CCCCC1. The Bertz CT molecular complexity index is 115. The molecule has 0 atom stereocenters. The fourth-order valence-electron chi connectivity index (χ4n) is 1.42. The summed E-state index contributed by atoms with van der Waals surface area (Å²) in [6, 6.07) is 0. The van der Waals surface area contributed by atoms with Crippen LogP contribution >= 0.6 is 0 Å². The monoisotopic (exact) mass is 202 g/mol. The third-order valence-corrected chi connectivity index (χ3v) is 1.88. The quantitative estimate of drug-likeness (QED) is 0.602. The molecule has 0 radical (unpaired) electrons. The highest BCUT2D eigenvalue weighted by Crippen LogP contribution is 2.19. The number of hydrogen-bond acceptors (Lipinski definition) is 2.